The molecular weight excluding hydrogens is 298 g/mol. The Bertz CT molecular complexity index is 917. The highest BCUT2D eigenvalue weighted by Gasteiger charge is 2.15. The van der Waals surface area contributed by atoms with Crippen molar-refractivity contribution < 1.29 is 10.2 Å². The maximum Gasteiger partial charge on any atom is 0.127 e. The van der Waals surface area contributed by atoms with Crippen molar-refractivity contribution in [3.8, 4) is 11.5 Å². The van der Waals surface area contributed by atoms with Crippen LogP contribution in [0.3, 0.4) is 0 Å². The Balaban J connectivity index is 2.57. The van der Waals surface area contributed by atoms with E-state index in [-0.39, 0.29) is 11.5 Å². The Morgan fingerprint density at radius 2 is 1.54 bits per heavy atom. The normalized spacial score (nSPS) is 12.1. The van der Waals surface area contributed by atoms with Gasteiger partial charge < -0.3 is 10.2 Å². The van der Waals surface area contributed by atoms with E-state index in [0.29, 0.717) is 21.6 Å². The summed E-state index contributed by atoms with van der Waals surface area (Å²) in [7, 11) is 0. The first-order chi connectivity index (χ1) is 11.5. The van der Waals surface area contributed by atoms with Crippen LogP contribution in [0.25, 0.3) is 12.2 Å². The molecule has 0 aliphatic heterocycles. The zero-order valence-electron chi connectivity index (χ0n) is 13.7. The molecule has 0 atom stereocenters. The minimum atomic E-state index is 0.109. The lowest BCUT2D eigenvalue weighted by Gasteiger charge is -2.14. The third-order valence-electron chi connectivity index (χ3n) is 4.32. The molecule has 0 aliphatic rings. The van der Waals surface area contributed by atoms with Crippen LogP contribution in [0.1, 0.15) is 22.3 Å². The summed E-state index contributed by atoms with van der Waals surface area (Å²) in [4.78, 5) is 4.20. The summed E-state index contributed by atoms with van der Waals surface area (Å²) < 4.78 is 0. The number of aromatic hydroxyl groups is 2. The maximum atomic E-state index is 10.8. The molecule has 0 saturated heterocycles. The lowest BCUT2D eigenvalue weighted by Crippen LogP contribution is -2.20. The second-order valence-corrected chi connectivity index (χ2v) is 5.78. The monoisotopic (exact) mass is 317 g/mol. The Morgan fingerprint density at radius 1 is 0.875 bits per heavy atom. The molecule has 120 valence electrons. The topological polar surface area (TPSA) is 53.4 Å². The number of phenolic OH excluding ortho intramolecular Hbond substituents is 2. The molecule has 0 spiro atoms. The van der Waals surface area contributed by atoms with Crippen molar-refractivity contribution in [3.05, 3.63) is 87.5 Å². The predicted octanol–water partition coefficient (Wildman–Crippen LogP) is 2.77. The number of nitrogens with zero attached hydrogens (tertiary/aromatic N) is 1. The van der Waals surface area contributed by atoms with Crippen molar-refractivity contribution in [2.45, 2.75) is 13.8 Å². The fourth-order valence-corrected chi connectivity index (χ4v) is 2.91. The van der Waals surface area contributed by atoms with Gasteiger partial charge in [0.15, 0.2) is 0 Å². The first-order valence-electron chi connectivity index (χ1n) is 7.72. The molecule has 2 aromatic carbocycles. The number of pyridine rings is 1. The first-order valence-corrected chi connectivity index (χ1v) is 7.72. The molecule has 1 heterocycles. The summed E-state index contributed by atoms with van der Waals surface area (Å²) in [5.41, 5.74) is 3.82. The molecule has 0 fully saturated rings. The highest BCUT2D eigenvalue weighted by atomic mass is 16.3. The predicted molar refractivity (Wildman–Crippen MR) is 96.3 cm³/mol. The van der Waals surface area contributed by atoms with Crippen LogP contribution in [0.15, 0.2) is 54.9 Å². The minimum Gasteiger partial charge on any atom is -0.507 e. The number of hydrogen-bond acceptors (Lipinski definition) is 3. The van der Waals surface area contributed by atoms with Crippen molar-refractivity contribution in [2.24, 2.45) is 0 Å². The Kier molecular flexibility index (Phi) is 4.09. The zero-order valence-corrected chi connectivity index (χ0v) is 13.7. The van der Waals surface area contributed by atoms with E-state index in [2.05, 4.69) is 11.6 Å². The number of phenols is 2. The van der Waals surface area contributed by atoms with Crippen LogP contribution in [-0.4, -0.2) is 15.2 Å². The largest absolute Gasteiger partial charge is 0.507 e. The van der Waals surface area contributed by atoms with Gasteiger partial charge in [-0.1, -0.05) is 43.0 Å². The Hall–Kier alpha value is -3.07. The number of hydrogen-bond donors (Lipinski definition) is 2. The van der Waals surface area contributed by atoms with E-state index in [9.17, 15) is 10.2 Å². The summed E-state index contributed by atoms with van der Waals surface area (Å²) in [5.74, 6) is 0.246. The zero-order chi connectivity index (χ0) is 17.3. The van der Waals surface area contributed by atoms with Gasteiger partial charge in [-0.05, 0) is 25.5 Å². The third kappa shape index (κ3) is 2.54. The van der Waals surface area contributed by atoms with E-state index >= 15 is 0 Å². The van der Waals surface area contributed by atoms with E-state index in [0.717, 1.165) is 16.7 Å². The van der Waals surface area contributed by atoms with Gasteiger partial charge >= 0.3 is 0 Å². The van der Waals surface area contributed by atoms with Crippen LogP contribution in [0.4, 0.5) is 0 Å². The molecule has 0 bridgehead atoms. The van der Waals surface area contributed by atoms with E-state index in [4.69, 9.17) is 0 Å². The van der Waals surface area contributed by atoms with Gasteiger partial charge in [0.25, 0.3) is 0 Å². The highest BCUT2D eigenvalue weighted by molar-refractivity contribution is 5.81. The van der Waals surface area contributed by atoms with Crippen LogP contribution in [0, 0.1) is 13.8 Å². The summed E-state index contributed by atoms with van der Waals surface area (Å²) in [6.45, 7) is 7.40. The van der Waals surface area contributed by atoms with Gasteiger partial charge in [0, 0.05) is 45.1 Å². The van der Waals surface area contributed by atoms with Crippen molar-refractivity contribution in [3.63, 3.8) is 0 Å². The molecule has 24 heavy (non-hydrogen) atoms. The highest BCUT2D eigenvalue weighted by Crippen LogP contribution is 2.24. The lowest BCUT2D eigenvalue weighted by atomic mass is 9.92. The van der Waals surface area contributed by atoms with E-state index in [1.165, 1.54) is 0 Å². The molecule has 2 N–H and O–H groups in total. The first kappa shape index (κ1) is 15.8. The molecule has 0 unspecified atom stereocenters. The third-order valence-corrected chi connectivity index (χ3v) is 4.32. The standard InChI is InChI=1S/C21H19NO2/c1-13-14(2)21(24)18(15(3)20(13)23)19(16-8-5-4-6-9-16)17-10-7-11-22-12-17/h4-12,23-24H,1H2,2-3H3/b19-18+. The lowest BCUT2D eigenvalue weighted by molar-refractivity contribution is 0.445. The molecule has 0 amide bonds. The number of rotatable bonds is 2. The van der Waals surface area contributed by atoms with Crippen LogP contribution in [-0.2, 0) is 0 Å². The van der Waals surface area contributed by atoms with Gasteiger partial charge in [0.2, 0.25) is 0 Å². The second-order valence-electron chi connectivity index (χ2n) is 5.78. The molecule has 1 aromatic heterocycles. The quantitative estimate of drug-likeness (QED) is 0.715. The van der Waals surface area contributed by atoms with Crippen molar-refractivity contribution in [2.75, 3.05) is 0 Å². The van der Waals surface area contributed by atoms with Crippen LogP contribution in [0.2, 0.25) is 0 Å². The van der Waals surface area contributed by atoms with E-state index in [1.54, 1.807) is 26.2 Å². The summed E-state index contributed by atoms with van der Waals surface area (Å²) in [6.07, 6.45) is 3.46. The van der Waals surface area contributed by atoms with Crippen LogP contribution < -0.4 is 10.4 Å². The van der Waals surface area contributed by atoms with Gasteiger partial charge in [0.05, 0.1) is 0 Å². The smallest absolute Gasteiger partial charge is 0.127 e. The number of aromatic nitrogens is 1. The molecule has 3 rings (SSSR count). The summed E-state index contributed by atoms with van der Waals surface area (Å²) in [6, 6.07) is 13.6. The second kappa shape index (κ2) is 6.20. The number of benzene rings is 2. The maximum absolute atomic E-state index is 10.8. The van der Waals surface area contributed by atoms with Crippen molar-refractivity contribution in [1.29, 1.82) is 0 Å². The molecule has 0 radical (unpaired) electrons. The molecular formula is C21H19NO2. The SMILES string of the molecule is C=c1c(C)c(O)/c(=C(\c2ccccc2)c2cccnc2)c(C)c1O. The molecule has 3 heteroatoms. The van der Waals surface area contributed by atoms with Gasteiger partial charge in [-0.2, -0.15) is 0 Å². The molecule has 0 saturated carbocycles. The Morgan fingerprint density at radius 3 is 2.17 bits per heavy atom. The van der Waals surface area contributed by atoms with Gasteiger partial charge in [-0.25, -0.2) is 0 Å². The van der Waals surface area contributed by atoms with Gasteiger partial charge in [-0.3, -0.25) is 4.98 Å². The molecule has 0 aliphatic carbocycles. The fourth-order valence-electron chi connectivity index (χ4n) is 2.91. The van der Waals surface area contributed by atoms with E-state index < -0.39 is 0 Å². The average molecular weight is 317 g/mol. The summed E-state index contributed by atoms with van der Waals surface area (Å²) >= 11 is 0. The van der Waals surface area contributed by atoms with Crippen LogP contribution in [0.5, 0.6) is 11.5 Å². The van der Waals surface area contributed by atoms with Crippen molar-refractivity contribution in [1.82, 2.24) is 4.98 Å². The van der Waals surface area contributed by atoms with E-state index in [1.807, 2.05) is 42.5 Å². The Labute approximate surface area is 140 Å². The molecule has 3 nitrogen and oxygen atoms in total. The van der Waals surface area contributed by atoms with Gasteiger partial charge in [0.1, 0.15) is 11.5 Å². The fraction of sp³-hybridized carbons (Fsp3) is 0.0952. The van der Waals surface area contributed by atoms with Crippen molar-refractivity contribution >= 4 is 12.2 Å². The summed E-state index contributed by atoms with van der Waals surface area (Å²) in [5, 5.41) is 22.3. The average Bonchev–Trinajstić information content (AvgIpc) is 2.63. The minimum absolute atomic E-state index is 0.109. The van der Waals surface area contributed by atoms with Crippen LogP contribution >= 0.6 is 0 Å². The van der Waals surface area contributed by atoms with Gasteiger partial charge in [-0.15, -0.1) is 0 Å². The molecule has 3 aromatic rings.